The molecule has 1 aromatic rings. The molecule has 0 aromatic heterocycles. The molecule has 1 aliphatic rings. The summed E-state index contributed by atoms with van der Waals surface area (Å²) in [5, 5.41) is 12.6. The molecular formula is C14H19FN2O3. The van der Waals surface area contributed by atoms with Gasteiger partial charge in [-0.25, -0.2) is 4.39 Å². The fourth-order valence-electron chi connectivity index (χ4n) is 2.11. The number of hydrogen-bond donors (Lipinski definition) is 2. The number of halogens is 1. The number of rotatable bonds is 4. The number of aromatic hydroxyl groups is 1. The van der Waals surface area contributed by atoms with Crippen LogP contribution in [-0.2, 0) is 16.1 Å². The van der Waals surface area contributed by atoms with Gasteiger partial charge in [-0.2, -0.15) is 0 Å². The zero-order chi connectivity index (χ0) is 14.5. The summed E-state index contributed by atoms with van der Waals surface area (Å²) in [6.07, 6.45) is 0. The average molecular weight is 282 g/mol. The molecule has 1 saturated heterocycles. The summed E-state index contributed by atoms with van der Waals surface area (Å²) in [4.78, 5) is 13.9. The van der Waals surface area contributed by atoms with Crippen molar-refractivity contribution in [2.24, 2.45) is 0 Å². The van der Waals surface area contributed by atoms with Gasteiger partial charge < -0.3 is 20.1 Å². The van der Waals surface area contributed by atoms with Crippen molar-refractivity contribution in [1.82, 2.24) is 10.2 Å². The van der Waals surface area contributed by atoms with Gasteiger partial charge in [-0.3, -0.25) is 4.79 Å². The summed E-state index contributed by atoms with van der Waals surface area (Å²) in [6.45, 7) is 4.30. The zero-order valence-corrected chi connectivity index (χ0v) is 11.4. The van der Waals surface area contributed by atoms with E-state index in [2.05, 4.69) is 5.32 Å². The lowest BCUT2D eigenvalue weighted by atomic mass is 10.1. The van der Waals surface area contributed by atoms with Gasteiger partial charge in [0.25, 0.3) is 0 Å². The van der Waals surface area contributed by atoms with E-state index in [1.54, 1.807) is 17.9 Å². The van der Waals surface area contributed by atoms with Gasteiger partial charge in [-0.15, -0.1) is 0 Å². The second kappa shape index (κ2) is 6.67. The summed E-state index contributed by atoms with van der Waals surface area (Å²) in [5.74, 6) is -1.04. The molecule has 1 aromatic carbocycles. The average Bonchev–Trinajstić information content (AvgIpc) is 2.48. The molecule has 5 nitrogen and oxygen atoms in total. The maximum atomic E-state index is 13.2. The Balaban J connectivity index is 1.89. The number of phenolic OH excluding ortho intramolecular Hbond substituents is 1. The highest BCUT2D eigenvalue weighted by molar-refractivity contribution is 5.81. The summed E-state index contributed by atoms with van der Waals surface area (Å²) in [7, 11) is 0. The van der Waals surface area contributed by atoms with Crippen LogP contribution in [0, 0.1) is 5.82 Å². The molecule has 1 unspecified atom stereocenters. The number of hydrogen-bond acceptors (Lipinski definition) is 4. The molecule has 2 rings (SSSR count). The molecule has 0 spiro atoms. The number of carbonyl (C=O) groups is 1. The molecule has 1 aliphatic heterocycles. The van der Waals surface area contributed by atoms with E-state index in [1.165, 1.54) is 12.1 Å². The zero-order valence-electron chi connectivity index (χ0n) is 11.4. The van der Waals surface area contributed by atoms with Gasteiger partial charge >= 0.3 is 0 Å². The Morgan fingerprint density at radius 3 is 2.90 bits per heavy atom. The van der Waals surface area contributed by atoms with Crippen molar-refractivity contribution in [3.05, 3.63) is 29.6 Å². The van der Waals surface area contributed by atoms with Gasteiger partial charge in [0.2, 0.25) is 5.91 Å². The SMILES string of the molecule is CC(NCc1cccc(F)c1O)C(=O)N1CCOCC1. The Bertz CT molecular complexity index is 475. The van der Waals surface area contributed by atoms with E-state index in [-0.39, 0.29) is 18.2 Å². The van der Waals surface area contributed by atoms with E-state index in [4.69, 9.17) is 4.74 Å². The molecule has 2 N–H and O–H groups in total. The number of nitrogens with zero attached hydrogens (tertiary/aromatic N) is 1. The maximum Gasteiger partial charge on any atom is 0.239 e. The maximum absolute atomic E-state index is 13.2. The predicted molar refractivity (Wildman–Crippen MR) is 71.8 cm³/mol. The first-order valence-electron chi connectivity index (χ1n) is 6.66. The van der Waals surface area contributed by atoms with Crippen LogP contribution in [-0.4, -0.2) is 48.3 Å². The Kier molecular flexibility index (Phi) is 4.92. The number of ether oxygens (including phenoxy) is 1. The lowest BCUT2D eigenvalue weighted by Gasteiger charge is -2.29. The predicted octanol–water partition coefficient (Wildman–Crippen LogP) is 0.868. The van der Waals surface area contributed by atoms with E-state index < -0.39 is 11.9 Å². The fourth-order valence-corrected chi connectivity index (χ4v) is 2.11. The van der Waals surface area contributed by atoms with Crippen LogP contribution >= 0.6 is 0 Å². The molecule has 0 radical (unpaired) electrons. The summed E-state index contributed by atoms with van der Waals surface area (Å²) >= 11 is 0. The Morgan fingerprint density at radius 2 is 2.20 bits per heavy atom. The lowest BCUT2D eigenvalue weighted by molar-refractivity contribution is -0.137. The summed E-state index contributed by atoms with van der Waals surface area (Å²) < 4.78 is 18.4. The Morgan fingerprint density at radius 1 is 1.50 bits per heavy atom. The highest BCUT2D eigenvalue weighted by atomic mass is 19.1. The highest BCUT2D eigenvalue weighted by Gasteiger charge is 2.22. The fraction of sp³-hybridized carbons (Fsp3) is 0.500. The van der Waals surface area contributed by atoms with Gasteiger partial charge in [0.05, 0.1) is 19.3 Å². The molecule has 0 saturated carbocycles. The van der Waals surface area contributed by atoms with Crippen LogP contribution in [0.25, 0.3) is 0 Å². The number of para-hydroxylation sites is 1. The normalized spacial score (nSPS) is 17.0. The minimum absolute atomic E-state index is 0.0100. The third kappa shape index (κ3) is 3.46. The second-order valence-corrected chi connectivity index (χ2v) is 4.79. The van der Waals surface area contributed by atoms with Crippen LogP contribution < -0.4 is 5.32 Å². The highest BCUT2D eigenvalue weighted by Crippen LogP contribution is 2.20. The molecule has 20 heavy (non-hydrogen) atoms. The second-order valence-electron chi connectivity index (χ2n) is 4.79. The molecule has 1 atom stereocenters. The number of morpholine rings is 1. The van der Waals surface area contributed by atoms with Crippen molar-refractivity contribution in [1.29, 1.82) is 0 Å². The van der Waals surface area contributed by atoms with Crippen molar-refractivity contribution in [3.8, 4) is 5.75 Å². The molecule has 1 heterocycles. The van der Waals surface area contributed by atoms with Crippen LogP contribution in [0.15, 0.2) is 18.2 Å². The smallest absolute Gasteiger partial charge is 0.239 e. The first-order chi connectivity index (χ1) is 9.59. The van der Waals surface area contributed by atoms with Gasteiger partial charge in [-0.05, 0) is 13.0 Å². The van der Waals surface area contributed by atoms with Crippen molar-refractivity contribution < 1.29 is 19.0 Å². The lowest BCUT2D eigenvalue weighted by Crippen LogP contribution is -2.49. The number of phenols is 1. The van der Waals surface area contributed by atoms with E-state index in [9.17, 15) is 14.3 Å². The minimum atomic E-state index is -0.656. The van der Waals surface area contributed by atoms with E-state index in [1.807, 2.05) is 0 Å². The number of amides is 1. The quantitative estimate of drug-likeness (QED) is 0.860. The van der Waals surface area contributed by atoms with Gasteiger partial charge in [0, 0.05) is 25.2 Å². The Hall–Kier alpha value is -1.66. The van der Waals surface area contributed by atoms with Gasteiger partial charge in [-0.1, -0.05) is 12.1 Å². The first-order valence-corrected chi connectivity index (χ1v) is 6.66. The molecular weight excluding hydrogens is 263 g/mol. The van der Waals surface area contributed by atoms with Crippen LogP contribution in [0.4, 0.5) is 4.39 Å². The number of benzene rings is 1. The topological polar surface area (TPSA) is 61.8 Å². The minimum Gasteiger partial charge on any atom is -0.505 e. The largest absolute Gasteiger partial charge is 0.505 e. The van der Waals surface area contributed by atoms with Crippen LogP contribution in [0.3, 0.4) is 0 Å². The van der Waals surface area contributed by atoms with Crippen LogP contribution in [0.5, 0.6) is 5.75 Å². The summed E-state index contributed by atoms with van der Waals surface area (Å²) in [5.41, 5.74) is 0.437. The summed E-state index contributed by atoms with van der Waals surface area (Å²) in [6, 6.07) is 3.95. The monoisotopic (exact) mass is 282 g/mol. The molecule has 6 heteroatoms. The van der Waals surface area contributed by atoms with Crippen LogP contribution in [0.1, 0.15) is 12.5 Å². The first kappa shape index (κ1) is 14.7. The third-order valence-electron chi connectivity index (χ3n) is 3.36. The molecule has 1 amide bonds. The molecule has 110 valence electrons. The van der Waals surface area contributed by atoms with E-state index in [0.29, 0.717) is 31.9 Å². The van der Waals surface area contributed by atoms with E-state index >= 15 is 0 Å². The molecule has 0 bridgehead atoms. The standard InChI is InChI=1S/C14H19FN2O3/c1-10(14(19)17-5-7-20-8-6-17)16-9-11-3-2-4-12(15)13(11)18/h2-4,10,16,18H,5-9H2,1H3. The van der Waals surface area contributed by atoms with Crippen molar-refractivity contribution in [2.45, 2.75) is 19.5 Å². The number of nitrogens with one attached hydrogen (secondary N) is 1. The van der Waals surface area contributed by atoms with Crippen LogP contribution in [0.2, 0.25) is 0 Å². The van der Waals surface area contributed by atoms with E-state index in [0.717, 1.165) is 0 Å². The van der Waals surface area contributed by atoms with Gasteiger partial charge in [0.1, 0.15) is 0 Å². The Labute approximate surface area is 117 Å². The molecule has 0 aliphatic carbocycles. The third-order valence-corrected chi connectivity index (χ3v) is 3.36. The van der Waals surface area contributed by atoms with Gasteiger partial charge in [0.15, 0.2) is 11.6 Å². The van der Waals surface area contributed by atoms with Crippen molar-refractivity contribution in [2.75, 3.05) is 26.3 Å². The van der Waals surface area contributed by atoms with Crippen molar-refractivity contribution in [3.63, 3.8) is 0 Å². The van der Waals surface area contributed by atoms with Crippen molar-refractivity contribution >= 4 is 5.91 Å². The molecule has 1 fully saturated rings. The number of carbonyl (C=O) groups excluding carboxylic acids is 1.